The lowest BCUT2D eigenvalue weighted by molar-refractivity contribution is 0.590. The van der Waals surface area contributed by atoms with E-state index in [-0.39, 0.29) is 11.6 Å². The van der Waals surface area contributed by atoms with Gasteiger partial charge in [0.25, 0.3) is 10.0 Å². The molecule has 0 atom stereocenters. The smallest absolute Gasteiger partial charge is 0.267 e. The van der Waals surface area contributed by atoms with Crippen LogP contribution in [0.15, 0.2) is 65.1 Å². The molecule has 0 saturated carbocycles. The third-order valence-corrected chi connectivity index (χ3v) is 7.79. The molecule has 6 nitrogen and oxygen atoms in total. The molecule has 31 heavy (non-hydrogen) atoms. The summed E-state index contributed by atoms with van der Waals surface area (Å²) >= 11 is 6.07. The molecule has 3 aromatic rings. The average molecular weight is 455 g/mol. The SMILES string of the molecule is O=S(=O)(c1cccc(Cl)c1)N1CN(CCC2=CCCCC2)c2nc3ccccc3nc21. The topological polar surface area (TPSA) is 66.4 Å². The average Bonchev–Trinajstić information content (AvgIpc) is 3.15. The van der Waals surface area contributed by atoms with Gasteiger partial charge in [-0.05, 0) is 62.4 Å². The molecular weight excluding hydrogens is 432 g/mol. The number of nitrogens with zero attached hydrogens (tertiary/aromatic N) is 4. The fourth-order valence-electron chi connectivity index (χ4n) is 4.18. The van der Waals surface area contributed by atoms with Crippen LogP contribution in [0.4, 0.5) is 11.6 Å². The fraction of sp³-hybridized carbons (Fsp3) is 0.304. The molecule has 0 N–H and O–H groups in total. The van der Waals surface area contributed by atoms with Gasteiger partial charge in [0, 0.05) is 11.6 Å². The van der Waals surface area contributed by atoms with Gasteiger partial charge in [-0.25, -0.2) is 22.7 Å². The summed E-state index contributed by atoms with van der Waals surface area (Å²) in [5, 5.41) is 0.381. The van der Waals surface area contributed by atoms with Gasteiger partial charge in [0.15, 0.2) is 11.6 Å². The van der Waals surface area contributed by atoms with Gasteiger partial charge in [-0.1, -0.05) is 41.4 Å². The van der Waals surface area contributed by atoms with Crippen molar-refractivity contribution in [3.63, 3.8) is 0 Å². The maximum absolute atomic E-state index is 13.5. The Bertz CT molecular complexity index is 1280. The number of allylic oxidation sites excluding steroid dienone is 1. The van der Waals surface area contributed by atoms with Crippen molar-refractivity contribution < 1.29 is 8.42 Å². The second kappa shape index (κ2) is 8.13. The van der Waals surface area contributed by atoms with Gasteiger partial charge >= 0.3 is 0 Å². The van der Waals surface area contributed by atoms with E-state index in [0.29, 0.717) is 28.7 Å². The molecule has 0 fully saturated rings. The van der Waals surface area contributed by atoms with Crippen molar-refractivity contribution in [3.8, 4) is 0 Å². The molecule has 5 rings (SSSR count). The first-order valence-electron chi connectivity index (χ1n) is 10.5. The number of hydrogen-bond acceptors (Lipinski definition) is 5. The maximum Gasteiger partial charge on any atom is 0.267 e. The molecule has 0 amide bonds. The Morgan fingerprint density at radius 1 is 0.968 bits per heavy atom. The van der Waals surface area contributed by atoms with E-state index in [0.717, 1.165) is 24.8 Å². The molecule has 2 aliphatic rings. The molecule has 8 heteroatoms. The second-order valence-electron chi connectivity index (χ2n) is 7.93. The molecular formula is C23H23ClN4O2S. The summed E-state index contributed by atoms with van der Waals surface area (Å²) < 4.78 is 28.3. The number of halogens is 1. The Labute approximate surface area is 187 Å². The zero-order chi connectivity index (χ0) is 21.4. The zero-order valence-electron chi connectivity index (χ0n) is 17.0. The van der Waals surface area contributed by atoms with Gasteiger partial charge in [-0.2, -0.15) is 0 Å². The summed E-state index contributed by atoms with van der Waals surface area (Å²) in [7, 11) is -3.83. The number of fused-ring (bicyclic) bond motifs is 2. The van der Waals surface area contributed by atoms with Crippen LogP contribution in [0, 0.1) is 0 Å². The second-order valence-corrected chi connectivity index (χ2v) is 10.2. The predicted molar refractivity (Wildman–Crippen MR) is 124 cm³/mol. The Morgan fingerprint density at radius 3 is 2.45 bits per heavy atom. The fourth-order valence-corrected chi connectivity index (χ4v) is 5.86. The van der Waals surface area contributed by atoms with Gasteiger partial charge in [0.05, 0.1) is 15.9 Å². The molecule has 0 unspecified atom stereocenters. The van der Waals surface area contributed by atoms with E-state index in [1.807, 2.05) is 29.2 Å². The zero-order valence-corrected chi connectivity index (χ0v) is 18.6. The number of para-hydroxylation sites is 2. The van der Waals surface area contributed by atoms with Gasteiger partial charge < -0.3 is 4.90 Å². The highest BCUT2D eigenvalue weighted by atomic mass is 35.5. The quantitative estimate of drug-likeness (QED) is 0.499. The molecule has 1 aliphatic heterocycles. The van der Waals surface area contributed by atoms with Crippen molar-refractivity contribution in [1.29, 1.82) is 0 Å². The van der Waals surface area contributed by atoms with E-state index in [2.05, 4.69) is 6.08 Å². The molecule has 1 aromatic heterocycles. The number of aromatic nitrogens is 2. The van der Waals surface area contributed by atoms with Crippen molar-refractivity contribution in [2.45, 2.75) is 37.0 Å². The first-order chi connectivity index (χ1) is 15.0. The van der Waals surface area contributed by atoms with Crippen molar-refractivity contribution >= 4 is 44.3 Å². The molecule has 1 aliphatic carbocycles. The van der Waals surface area contributed by atoms with Crippen LogP contribution in [0.25, 0.3) is 11.0 Å². The van der Waals surface area contributed by atoms with E-state index >= 15 is 0 Å². The Hall–Kier alpha value is -2.64. The minimum Gasteiger partial charge on any atom is -0.334 e. The largest absolute Gasteiger partial charge is 0.334 e. The van der Waals surface area contributed by atoms with Gasteiger partial charge in [-0.3, -0.25) is 0 Å². The van der Waals surface area contributed by atoms with E-state index in [9.17, 15) is 8.42 Å². The van der Waals surface area contributed by atoms with Crippen LogP contribution in [0.5, 0.6) is 0 Å². The summed E-state index contributed by atoms with van der Waals surface area (Å²) in [5.74, 6) is 0.983. The summed E-state index contributed by atoms with van der Waals surface area (Å²) in [6.07, 6.45) is 7.95. The van der Waals surface area contributed by atoms with Crippen molar-refractivity contribution in [1.82, 2.24) is 9.97 Å². The first kappa shape index (κ1) is 20.3. The lowest BCUT2D eigenvalue weighted by atomic mass is 9.97. The molecule has 0 spiro atoms. The minimum atomic E-state index is -3.83. The molecule has 0 radical (unpaired) electrons. The van der Waals surface area contributed by atoms with Gasteiger partial charge in [0.2, 0.25) is 0 Å². The predicted octanol–water partition coefficient (Wildman–Crippen LogP) is 5.15. The lowest BCUT2D eigenvalue weighted by Gasteiger charge is -2.22. The van der Waals surface area contributed by atoms with Gasteiger partial charge in [-0.15, -0.1) is 0 Å². The van der Waals surface area contributed by atoms with E-state index in [4.69, 9.17) is 21.6 Å². The number of rotatable bonds is 5. The van der Waals surface area contributed by atoms with Crippen molar-refractivity contribution in [2.24, 2.45) is 0 Å². The minimum absolute atomic E-state index is 0.151. The van der Waals surface area contributed by atoms with Crippen molar-refractivity contribution in [2.75, 3.05) is 22.4 Å². The van der Waals surface area contributed by atoms with E-state index in [1.54, 1.807) is 18.2 Å². The number of benzene rings is 2. The monoisotopic (exact) mass is 454 g/mol. The molecule has 0 bridgehead atoms. The van der Waals surface area contributed by atoms with Crippen LogP contribution in [0.1, 0.15) is 32.1 Å². The highest BCUT2D eigenvalue weighted by Gasteiger charge is 2.38. The van der Waals surface area contributed by atoms with Crippen molar-refractivity contribution in [3.05, 3.63) is 65.2 Å². The van der Waals surface area contributed by atoms with E-state index in [1.165, 1.54) is 28.8 Å². The normalized spacial score (nSPS) is 16.5. The number of sulfonamides is 1. The Balaban J connectivity index is 1.54. The Morgan fingerprint density at radius 2 is 1.74 bits per heavy atom. The van der Waals surface area contributed by atoms with Crippen LogP contribution in [0.3, 0.4) is 0 Å². The summed E-state index contributed by atoms with van der Waals surface area (Å²) in [5.41, 5.74) is 2.87. The van der Waals surface area contributed by atoms with Crippen LogP contribution < -0.4 is 9.21 Å². The summed E-state index contributed by atoms with van der Waals surface area (Å²) in [6, 6.07) is 13.9. The van der Waals surface area contributed by atoms with Gasteiger partial charge in [0.1, 0.15) is 6.67 Å². The van der Waals surface area contributed by atoms with Crippen LogP contribution in [0.2, 0.25) is 5.02 Å². The molecule has 2 heterocycles. The highest BCUT2D eigenvalue weighted by Crippen LogP contribution is 2.38. The Kier molecular flexibility index (Phi) is 5.32. The van der Waals surface area contributed by atoms with Crippen LogP contribution in [-0.2, 0) is 10.0 Å². The molecule has 160 valence electrons. The number of anilines is 2. The summed E-state index contributed by atoms with van der Waals surface area (Å²) in [4.78, 5) is 11.6. The van der Waals surface area contributed by atoms with E-state index < -0.39 is 10.0 Å². The highest BCUT2D eigenvalue weighted by molar-refractivity contribution is 7.92. The third kappa shape index (κ3) is 3.88. The maximum atomic E-state index is 13.5. The third-order valence-electron chi connectivity index (χ3n) is 5.84. The molecule has 0 saturated heterocycles. The van der Waals surface area contributed by atoms with Crippen LogP contribution in [-0.4, -0.2) is 31.6 Å². The lowest BCUT2D eigenvalue weighted by Crippen LogP contribution is -2.36. The first-order valence-corrected chi connectivity index (χ1v) is 12.3. The molecule has 2 aromatic carbocycles. The standard InChI is InChI=1S/C23H23ClN4O2S/c24-18-9-6-10-19(15-18)31(29,30)28-16-27(14-13-17-7-2-1-3-8-17)22-23(28)26-21-12-5-4-11-20(21)25-22/h4-7,9-12,15H,1-3,8,13-14,16H2. The summed E-state index contributed by atoms with van der Waals surface area (Å²) in [6.45, 7) is 0.890. The van der Waals surface area contributed by atoms with Crippen LogP contribution >= 0.6 is 11.6 Å². The number of hydrogen-bond donors (Lipinski definition) is 0.